The van der Waals surface area contributed by atoms with Crippen molar-refractivity contribution in [3.05, 3.63) is 51.3 Å². The van der Waals surface area contributed by atoms with E-state index < -0.39 is 0 Å². The van der Waals surface area contributed by atoms with Crippen molar-refractivity contribution >= 4 is 21.8 Å². The van der Waals surface area contributed by atoms with Crippen LogP contribution in [0, 0.1) is 20.8 Å². The van der Waals surface area contributed by atoms with Gasteiger partial charge in [-0.25, -0.2) is 4.68 Å². The predicted molar refractivity (Wildman–Crippen MR) is 101 cm³/mol. The molecule has 1 amide bonds. The van der Waals surface area contributed by atoms with Gasteiger partial charge in [-0.1, -0.05) is 0 Å². The molecule has 138 valence electrons. The van der Waals surface area contributed by atoms with E-state index >= 15 is 0 Å². The maximum Gasteiger partial charge on any atom is 0.274 e. The van der Waals surface area contributed by atoms with Gasteiger partial charge in [-0.3, -0.25) is 14.2 Å². The number of nitrogens with zero attached hydrogens (tertiary/aromatic N) is 7. The summed E-state index contributed by atoms with van der Waals surface area (Å²) in [7, 11) is 3.66. The SMILES string of the molecule is Cc1nn(Cn2ccc(C(=O)N(C)Cc3cnn(C)c3C)n2)c(C)c1Br. The molecule has 0 bridgehead atoms. The lowest BCUT2D eigenvalue weighted by Gasteiger charge is -2.15. The van der Waals surface area contributed by atoms with E-state index in [-0.39, 0.29) is 5.91 Å². The van der Waals surface area contributed by atoms with Crippen LogP contribution in [-0.2, 0) is 20.3 Å². The summed E-state index contributed by atoms with van der Waals surface area (Å²) >= 11 is 3.52. The number of carbonyl (C=O) groups is 1. The molecule has 0 saturated heterocycles. The molecular weight excluding hydrogens is 398 g/mol. The van der Waals surface area contributed by atoms with E-state index in [9.17, 15) is 4.79 Å². The number of halogens is 1. The summed E-state index contributed by atoms with van der Waals surface area (Å²) in [5.41, 5.74) is 4.43. The van der Waals surface area contributed by atoms with Crippen LogP contribution in [-0.4, -0.2) is 47.2 Å². The Morgan fingerprint density at radius 1 is 1.23 bits per heavy atom. The van der Waals surface area contributed by atoms with Crippen molar-refractivity contribution < 1.29 is 4.79 Å². The van der Waals surface area contributed by atoms with Crippen molar-refractivity contribution in [2.24, 2.45) is 7.05 Å². The highest BCUT2D eigenvalue weighted by molar-refractivity contribution is 9.10. The number of amides is 1. The van der Waals surface area contributed by atoms with Crippen LogP contribution < -0.4 is 0 Å². The van der Waals surface area contributed by atoms with Crippen molar-refractivity contribution in [2.45, 2.75) is 34.0 Å². The summed E-state index contributed by atoms with van der Waals surface area (Å²) in [5, 5.41) is 13.1. The van der Waals surface area contributed by atoms with E-state index in [2.05, 4.69) is 31.2 Å². The first kappa shape index (κ1) is 18.4. The number of carbonyl (C=O) groups excluding carboxylic acids is 1. The van der Waals surface area contributed by atoms with Crippen molar-refractivity contribution in [1.82, 2.24) is 34.2 Å². The first-order valence-corrected chi connectivity index (χ1v) is 9.03. The Kier molecular flexibility index (Phi) is 4.99. The van der Waals surface area contributed by atoms with E-state index in [1.165, 1.54) is 0 Å². The molecule has 26 heavy (non-hydrogen) atoms. The average Bonchev–Trinajstić information content (AvgIpc) is 3.26. The molecule has 0 unspecified atom stereocenters. The molecule has 3 aromatic heterocycles. The minimum atomic E-state index is -0.124. The standard InChI is InChI=1S/C17H22BrN7O/c1-11-16(18)13(3)25(20-11)10-24-7-6-15(21-24)17(26)22(4)9-14-8-19-23(5)12(14)2/h6-8H,9-10H2,1-5H3. The highest BCUT2D eigenvalue weighted by Crippen LogP contribution is 2.19. The normalized spacial score (nSPS) is 11.2. The predicted octanol–water partition coefficient (Wildman–Crippen LogP) is 2.28. The van der Waals surface area contributed by atoms with Crippen molar-refractivity contribution in [1.29, 1.82) is 0 Å². The first-order valence-electron chi connectivity index (χ1n) is 8.23. The maximum absolute atomic E-state index is 12.7. The van der Waals surface area contributed by atoms with Crippen LogP contribution in [0.4, 0.5) is 0 Å². The van der Waals surface area contributed by atoms with Gasteiger partial charge in [0.2, 0.25) is 0 Å². The maximum atomic E-state index is 12.7. The lowest BCUT2D eigenvalue weighted by atomic mass is 10.2. The van der Waals surface area contributed by atoms with E-state index in [0.717, 1.165) is 27.1 Å². The zero-order valence-electron chi connectivity index (χ0n) is 15.6. The Morgan fingerprint density at radius 2 is 1.96 bits per heavy atom. The second-order valence-electron chi connectivity index (χ2n) is 6.41. The van der Waals surface area contributed by atoms with Crippen molar-refractivity contribution in [2.75, 3.05) is 7.05 Å². The van der Waals surface area contributed by atoms with E-state index in [4.69, 9.17) is 0 Å². The third-order valence-electron chi connectivity index (χ3n) is 4.52. The quantitative estimate of drug-likeness (QED) is 0.635. The summed E-state index contributed by atoms with van der Waals surface area (Å²) in [6.07, 6.45) is 3.58. The molecule has 0 aromatic carbocycles. The van der Waals surface area contributed by atoms with E-state index in [0.29, 0.717) is 18.9 Å². The topological polar surface area (TPSA) is 73.8 Å². The number of aryl methyl sites for hydroxylation is 2. The van der Waals surface area contributed by atoms with Crippen LogP contribution in [0.3, 0.4) is 0 Å². The van der Waals surface area contributed by atoms with Gasteiger partial charge >= 0.3 is 0 Å². The van der Waals surface area contributed by atoms with Gasteiger partial charge in [0.1, 0.15) is 12.4 Å². The molecule has 0 atom stereocenters. The van der Waals surface area contributed by atoms with Gasteiger partial charge in [-0.2, -0.15) is 15.3 Å². The molecule has 3 aromatic rings. The van der Waals surface area contributed by atoms with Gasteiger partial charge in [-0.15, -0.1) is 0 Å². The lowest BCUT2D eigenvalue weighted by molar-refractivity contribution is 0.0778. The molecule has 3 rings (SSSR count). The molecule has 3 heterocycles. The molecule has 0 aliphatic carbocycles. The molecule has 9 heteroatoms. The van der Waals surface area contributed by atoms with Crippen LogP contribution in [0.15, 0.2) is 22.9 Å². The van der Waals surface area contributed by atoms with E-state index in [1.807, 2.05) is 32.5 Å². The second-order valence-corrected chi connectivity index (χ2v) is 7.20. The summed E-state index contributed by atoms with van der Waals surface area (Å²) < 4.78 is 6.35. The van der Waals surface area contributed by atoms with Gasteiger partial charge in [0.05, 0.1) is 22.1 Å². The van der Waals surface area contributed by atoms with Crippen molar-refractivity contribution in [3.63, 3.8) is 0 Å². The summed E-state index contributed by atoms with van der Waals surface area (Å²) in [5.74, 6) is -0.124. The fourth-order valence-electron chi connectivity index (χ4n) is 2.73. The van der Waals surface area contributed by atoms with Crippen LogP contribution in [0.1, 0.15) is 33.1 Å². The lowest BCUT2D eigenvalue weighted by Crippen LogP contribution is -2.27. The minimum absolute atomic E-state index is 0.124. The highest BCUT2D eigenvalue weighted by Gasteiger charge is 2.17. The van der Waals surface area contributed by atoms with Crippen LogP contribution >= 0.6 is 15.9 Å². The molecule has 0 aliphatic rings. The Labute approximate surface area is 160 Å². The van der Waals surface area contributed by atoms with Gasteiger partial charge in [0.15, 0.2) is 0 Å². The van der Waals surface area contributed by atoms with Gasteiger partial charge in [-0.05, 0) is 42.8 Å². The third kappa shape index (κ3) is 3.44. The number of aromatic nitrogens is 6. The molecule has 8 nitrogen and oxygen atoms in total. The smallest absolute Gasteiger partial charge is 0.274 e. The third-order valence-corrected chi connectivity index (χ3v) is 5.67. The minimum Gasteiger partial charge on any atom is -0.336 e. The van der Waals surface area contributed by atoms with Crippen LogP contribution in [0.2, 0.25) is 0 Å². The fraction of sp³-hybridized carbons (Fsp3) is 0.412. The Morgan fingerprint density at radius 3 is 2.54 bits per heavy atom. The van der Waals surface area contributed by atoms with Gasteiger partial charge < -0.3 is 4.90 Å². The summed E-state index contributed by atoms with van der Waals surface area (Å²) in [6, 6.07) is 1.73. The van der Waals surface area contributed by atoms with Gasteiger partial charge in [0, 0.05) is 38.1 Å². The molecular formula is C17H22BrN7O. The highest BCUT2D eigenvalue weighted by atomic mass is 79.9. The van der Waals surface area contributed by atoms with Gasteiger partial charge in [0.25, 0.3) is 5.91 Å². The zero-order chi connectivity index (χ0) is 19.0. The Hall–Kier alpha value is -2.42. The summed E-state index contributed by atoms with van der Waals surface area (Å²) in [4.78, 5) is 14.3. The number of hydrogen-bond donors (Lipinski definition) is 0. The van der Waals surface area contributed by atoms with E-state index in [1.54, 1.807) is 39.8 Å². The molecule has 0 aliphatic heterocycles. The molecule has 0 saturated carbocycles. The molecule has 0 radical (unpaired) electrons. The molecule has 0 spiro atoms. The monoisotopic (exact) mass is 419 g/mol. The van der Waals surface area contributed by atoms with Crippen LogP contribution in [0.5, 0.6) is 0 Å². The number of hydrogen-bond acceptors (Lipinski definition) is 4. The fourth-order valence-corrected chi connectivity index (χ4v) is 3.01. The van der Waals surface area contributed by atoms with Crippen LogP contribution in [0.25, 0.3) is 0 Å². The Bertz CT molecular complexity index is 953. The number of rotatable bonds is 5. The Balaban J connectivity index is 1.71. The zero-order valence-corrected chi connectivity index (χ0v) is 17.1. The summed E-state index contributed by atoms with van der Waals surface area (Å²) in [6.45, 7) is 6.87. The largest absolute Gasteiger partial charge is 0.336 e. The second kappa shape index (κ2) is 7.06. The first-order chi connectivity index (χ1) is 12.3. The molecule has 0 N–H and O–H groups in total. The average molecular weight is 420 g/mol. The molecule has 0 fully saturated rings. The van der Waals surface area contributed by atoms with Crippen molar-refractivity contribution in [3.8, 4) is 0 Å².